The van der Waals surface area contributed by atoms with Crippen LogP contribution >= 0.6 is 0 Å². The standard InChI is InChI=1S/C27H28N2.C9H13N/c1-17(2)25-16-22(20(5)28)12-14-24(25)26-15-18(3)11-13-23(26)21(6)29-27-10-8-7-9-19(27)4;1-3-8(2)9-6-4-5-7-10-9/h7-16,28-29H,1,6H2,2-5H3;4-8H,3H2,1-2H3. The third kappa shape index (κ3) is 7.64. The molecule has 0 fully saturated rings. The largest absolute Gasteiger partial charge is 0.355 e. The lowest BCUT2D eigenvalue weighted by molar-refractivity contribution is 0.708. The van der Waals surface area contributed by atoms with Crippen molar-refractivity contribution in [3.8, 4) is 11.1 Å². The molecule has 39 heavy (non-hydrogen) atoms. The van der Waals surface area contributed by atoms with Crippen molar-refractivity contribution >= 4 is 22.7 Å². The quantitative estimate of drug-likeness (QED) is 0.229. The number of aromatic nitrogens is 1. The van der Waals surface area contributed by atoms with Crippen LogP contribution in [0, 0.1) is 19.3 Å². The minimum atomic E-state index is 0.550. The Bertz CT molecular complexity index is 1460. The summed E-state index contributed by atoms with van der Waals surface area (Å²) in [4.78, 5) is 4.25. The van der Waals surface area contributed by atoms with Gasteiger partial charge in [-0.25, -0.2) is 0 Å². The molecule has 3 nitrogen and oxygen atoms in total. The van der Waals surface area contributed by atoms with E-state index in [2.05, 4.69) is 99.7 Å². The molecule has 0 aliphatic rings. The van der Waals surface area contributed by atoms with Crippen molar-refractivity contribution in [1.29, 1.82) is 5.41 Å². The molecule has 0 amide bonds. The fraction of sp³-hybridized carbons (Fsp3) is 0.222. The van der Waals surface area contributed by atoms with Crippen molar-refractivity contribution in [2.45, 2.75) is 53.9 Å². The molecule has 0 spiro atoms. The Balaban J connectivity index is 0.000000353. The van der Waals surface area contributed by atoms with Gasteiger partial charge in [-0.1, -0.05) is 92.7 Å². The van der Waals surface area contributed by atoms with Crippen LogP contribution in [0.3, 0.4) is 0 Å². The van der Waals surface area contributed by atoms with E-state index in [4.69, 9.17) is 5.41 Å². The smallest absolute Gasteiger partial charge is 0.0431 e. The van der Waals surface area contributed by atoms with Crippen molar-refractivity contribution < 1.29 is 0 Å². The summed E-state index contributed by atoms with van der Waals surface area (Å²) in [5.74, 6) is 0.598. The molecule has 0 saturated heterocycles. The van der Waals surface area contributed by atoms with Gasteiger partial charge in [0.15, 0.2) is 0 Å². The van der Waals surface area contributed by atoms with E-state index >= 15 is 0 Å². The molecule has 1 atom stereocenters. The van der Waals surface area contributed by atoms with E-state index in [1.54, 1.807) is 0 Å². The van der Waals surface area contributed by atoms with Gasteiger partial charge in [0.1, 0.15) is 0 Å². The number of nitrogens with zero attached hydrogens (tertiary/aromatic N) is 1. The third-order valence-corrected chi connectivity index (χ3v) is 6.94. The Hall–Kier alpha value is -4.24. The molecular formula is C36H41N3. The molecule has 0 aliphatic heterocycles. The predicted molar refractivity (Wildman–Crippen MR) is 171 cm³/mol. The molecule has 4 rings (SSSR count). The fourth-order valence-electron chi connectivity index (χ4n) is 4.33. The van der Waals surface area contributed by atoms with Gasteiger partial charge in [-0.2, -0.15) is 0 Å². The first-order valence-corrected chi connectivity index (χ1v) is 13.5. The van der Waals surface area contributed by atoms with E-state index in [1.165, 1.54) is 16.8 Å². The highest BCUT2D eigenvalue weighted by Crippen LogP contribution is 2.35. The highest BCUT2D eigenvalue weighted by atomic mass is 14.9. The first-order chi connectivity index (χ1) is 18.6. The van der Waals surface area contributed by atoms with Gasteiger partial charge in [-0.05, 0) is 92.1 Å². The monoisotopic (exact) mass is 515 g/mol. The number of benzene rings is 3. The second-order valence-corrected chi connectivity index (χ2v) is 10.2. The number of anilines is 1. The van der Waals surface area contributed by atoms with Crippen LogP contribution in [-0.4, -0.2) is 10.7 Å². The Morgan fingerprint density at radius 1 is 0.872 bits per heavy atom. The second kappa shape index (κ2) is 13.5. The van der Waals surface area contributed by atoms with E-state index in [0.29, 0.717) is 11.6 Å². The zero-order valence-corrected chi connectivity index (χ0v) is 24.2. The Morgan fingerprint density at radius 2 is 1.59 bits per heavy atom. The lowest BCUT2D eigenvalue weighted by Gasteiger charge is -2.19. The normalized spacial score (nSPS) is 11.1. The molecular weight excluding hydrogens is 474 g/mol. The number of rotatable bonds is 8. The number of pyridine rings is 1. The van der Waals surface area contributed by atoms with Crippen LogP contribution in [0.25, 0.3) is 22.4 Å². The number of hydrogen-bond donors (Lipinski definition) is 2. The summed E-state index contributed by atoms with van der Waals surface area (Å²) in [6, 6.07) is 26.9. The van der Waals surface area contributed by atoms with Gasteiger partial charge in [0, 0.05) is 34.6 Å². The molecule has 3 aromatic carbocycles. The van der Waals surface area contributed by atoms with E-state index in [-0.39, 0.29) is 0 Å². The zero-order valence-electron chi connectivity index (χ0n) is 24.2. The van der Waals surface area contributed by atoms with Gasteiger partial charge in [-0.3, -0.25) is 4.98 Å². The van der Waals surface area contributed by atoms with Crippen LogP contribution < -0.4 is 5.32 Å². The van der Waals surface area contributed by atoms with Crippen molar-refractivity contribution in [2.24, 2.45) is 0 Å². The zero-order chi connectivity index (χ0) is 28.5. The first-order valence-electron chi connectivity index (χ1n) is 13.5. The summed E-state index contributed by atoms with van der Waals surface area (Å²) < 4.78 is 0. The number of allylic oxidation sites excluding steroid dienone is 1. The Labute approximate surface area is 234 Å². The van der Waals surface area contributed by atoms with Crippen LogP contribution in [0.1, 0.15) is 73.5 Å². The summed E-state index contributed by atoms with van der Waals surface area (Å²) in [6.45, 7) is 20.9. The van der Waals surface area contributed by atoms with Crippen LogP contribution in [0.2, 0.25) is 0 Å². The van der Waals surface area contributed by atoms with Gasteiger partial charge in [0.2, 0.25) is 0 Å². The van der Waals surface area contributed by atoms with E-state index in [9.17, 15) is 0 Å². The van der Waals surface area contributed by atoms with Gasteiger partial charge in [-0.15, -0.1) is 0 Å². The van der Waals surface area contributed by atoms with E-state index in [1.807, 2.05) is 50.4 Å². The average Bonchev–Trinajstić information content (AvgIpc) is 2.94. The molecule has 1 aromatic heterocycles. The topological polar surface area (TPSA) is 48.8 Å². The molecule has 3 heteroatoms. The molecule has 4 aromatic rings. The van der Waals surface area contributed by atoms with Gasteiger partial charge >= 0.3 is 0 Å². The highest BCUT2D eigenvalue weighted by Gasteiger charge is 2.15. The maximum atomic E-state index is 7.98. The molecule has 1 heterocycles. The van der Waals surface area contributed by atoms with Gasteiger partial charge in [0.05, 0.1) is 0 Å². The van der Waals surface area contributed by atoms with Gasteiger partial charge in [0.25, 0.3) is 0 Å². The van der Waals surface area contributed by atoms with E-state index in [0.717, 1.165) is 51.2 Å². The van der Waals surface area contributed by atoms with Crippen LogP contribution in [0.5, 0.6) is 0 Å². The average molecular weight is 516 g/mol. The Morgan fingerprint density at radius 3 is 2.21 bits per heavy atom. The lowest BCUT2D eigenvalue weighted by Crippen LogP contribution is -2.02. The number of hydrogen-bond acceptors (Lipinski definition) is 3. The summed E-state index contributed by atoms with van der Waals surface area (Å²) >= 11 is 0. The van der Waals surface area contributed by atoms with Crippen molar-refractivity contribution in [2.75, 3.05) is 5.32 Å². The molecule has 2 N–H and O–H groups in total. The molecule has 1 unspecified atom stereocenters. The Kier molecular flexibility index (Phi) is 10.2. The minimum absolute atomic E-state index is 0.550. The molecule has 0 aliphatic carbocycles. The first kappa shape index (κ1) is 29.3. The predicted octanol–water partition coefficient (Wildman–Crippen LogP) is 10.1. The summed E-state index contributed by atoms with van der Waals surface area (Å²) in [7, 11) is 0. The SMILES string of the molecule is C=C(C)c1cc(C(C)=N)ccc1-c1cc(C)ccc1C(=C)Nc1ccccc1C.CCC(C)c1ccccn1. The highest BCUT2D eigenvalue weighted by molar-refractivity contribution is 5.99. The minimum Gasteiger partial charge on any atom is -0.355 e. The third-order valence-electron chi connectivity index (χ3n) is 6.94. The maximum Gasteiger partial charge on any atom is 0.0431 e. The molecule has 200 valence electrons. The maximum absolute atomic E-state index is 7.98. The lowest BCUT2D eigenvalue weighted by atomic mass is 9.89. The molecule has 0 saturated carbocycles. The van der Waals surface area contributed by atoms with Crippen LogP contribution in [0.15, 0.2) is 98.2 Å². The van der Waals surface area contributed by atoms with E-state index < -0.39 is 0 Å². The van der Waals surface area contributed by atoms with Crippen molar-refractivity contribution in [3.05, 3.63) is 132 Å². The molecule has 0 radical (unpaired) electrons. The molecule has 0 bridgehead atoms. The van der Waals surface area contributed by atoms with Crippen molar-refractivity contribution in [3.63, 3.8) is 0 Å². The van der Waals surface area contributed by atoms with Crippen LogP contribution in [-0.2, 0) is 0 Å². The van der Waals surface area contributed by atoms with Gasteiger partial charge < -0.3 is 10.7 Å². The van der Waals surface area contributed by atoms with Crippen molar-refractivity contribution in [1.82, 2.24) is 4.98 Å². The second-order valence-electron chi connectivity index (χ2n) is 10.2. The summed E-state index contributed by atoms with van der Waals surface area (Å²) in [5, 5.41) is 11.5. The number of aryl methyl sites for hydroxylation is 2. The summed E-state index contributed by atoms with van der Waals surface area (Å²) in [6.07, 6.45) is 3.01. The van der Waals surface area contributed by atoms with Crippen LogP contribution in [0.4, 0.5) is 5.69 Å². The number of nitrogens with one attached hydrogen (secondary N) is 2. The number of para-hydroxylation sites is 1. The summed E-state index contributed by atoms with van der Waals surface area (Å²) in [5.41, 5.74) is 12.3. The fourth-order valence-corrected chi connectivity index (χ4v) is 4.33.